The lowest BCUT2D eigenvalue weighted by Crippen LogP contribution is -2.70. The van der Waals surface area contributed by atoms with Crippen molar-refractivity contribution in [3.05, 3.63) is 47.3 Å². The first-order chi connectivity index (χ1) is 20.3. The number of benzene rings is 1. The molecule has 0 spiro atoms. The molecule has 4 fully saturated rings. The molecule has 5 aliphatic rings. The fourth-order valence-corrected chi connectivity index (χ4v) is 9.84. The molecule has 232 valence electrons. The first-order valence-corrected chi connectivity index (χ1v) is 15.7. The van der Waals surface area contributed by atoms with Crippen molar-refractivity contribution in [2.75, 3.05) is 13.2 Å². The van der Waals surface area contributed by atoms with Gasteiger partial charge in [0.2, 0.25) is 0 Å². The van der Waals surface area contributed by atoms with Crippen LogP contribution >= 0.6 is 0 Å². The van der Waals surface area contributed by atoms with Crippen molar-refractivity contribution in [1.82, 2.24) is 9.78 Å². The van der Waals surface area contributed by atoms with Crippen LogP contribution in [0, 0.1) is 22.7 Å². The van der Waals surface area contributed by atoms with Gasteiger partial charge in [-0.15, -0.1) is 0 Å². The van der Waals surface area contributed by atoms with Crippen LogP contribution in [0.1, 0.15) is 78.0 Å². The Balaban J connectivity index is 1.24. The van der Waals surface area contributed by atoms with Crippen LogP contribution in [0.5, 0.6) is 5.75 Å². The summed E-state index contributed by atoms with van der Waals surface area (Å²) in [5, 5.41) is 26.8. The monoisotopic (exact) mass is 594 g/mol. The van der Waals surface area contributed by atoms with E-state index < -0.39 is 58.4 Å². The van der Waals surface area contributed by atoms with E-state index in [1.807, 2.05) is 55.1 Å². The summed E-state index contributed by atoms with van der Waals surface area (Å²) in [5.74, 6) is -1.45. The van der Waals surface area contributed by atoms with Crippen LogP contribution in [0.25, 0.3) is 11.8 Å². The van der Waals surface area contributed by atoms with E-state index in [0.29, 0.717) is 32.3 Å². The highest BCUT2D eigenvalue weighted by Gasteiger charge is 2.80. The molecule has 1 saturated heterocycles. The third kappa shape index (κ3) is 3.74. The van der Waals surface area contributed by atoms with Gasteiger partial charge in [-0.2, -0.15) is 5.10 Å². The molecule has 0 unspecified atom stereocenters. The third-order valence-corrected chi connectivity index (χ3v) is 11.6. The SMILES string of the molecule is CCCOc1cccc(-n2cc3c(n2)C=C2CC[C@H]4[C@@H]5C[C@H]6OC(C)(C)O[C@@]6(C(=O)CO)[C@@]5(C)C[C@H](O)[C@]4(F)[C@@]2(C)C3)c1. The number of hydrogen-bond donors (Lipinski definition) is 2. The van der Waals surface area contributed by atoms with E-state index in [4.69, 9.17) is 19.3 Å². The maximum atomic E-state index is 18.1. The maximum Gasteiger partial charge on any atom is 0.193 e. The first-order valence-electron chi connectivity index (χ1n) is 15.7. The summed E-state index contributed by atoms with van der Waals surface area (Å²) >= 11 is 0. The Kier molecular flexibility index (Phi) is 6.41. The summed E-state index contributed by atoms with van der Waals surface area (Å²) in [6.07, 6.45) is 5.11. The Morgan fingerprint density at radius 3 is 2.77 bits per heavy atom. The van der Waals surface area contributed by atoms with Gasteiger partial charge >= 0.3 is 0 Å². The summed E-state index contributed by atoms with van der Waals surface area (Å²) in [6.45, 7) is 9.44. The van der Waals surface area contributed by atoms with Crippen LogP contribution in [0.2, 0.25) is 0 Å². The fourth-order valence-electron chi connectivity index (χ4n) is 9.84. The molecule has 3 saturated carbocycles. The minimum Gasteiger partial charge on any atom is -0.494 e. The minimum absolute atomic E-state index is 0.0475. The molecule has 1 aliphatic heterocycles. The smallest absolute Gasteiger partial charge is 0.193 e. The van der Waals surface area contributed by atoms with Gasteiger partial charge in [-0.25, -0.2) is 9.07 Å². The lowest BCUT2D eigenvalue weighted by Gasteiger charge is -2.63. The highest BCUT2D eigenvalue weighted by Crippen LogP contribution is 2.72. The van der Waals surface area contributed by atoms with Crippen molar-refractivity contribution >= 4 is 11.9 Å². The molecule has 4 aliphatic carbocycles. The number of hydrogen-bond acceptors (Lipinski definition) is 7. The zero-order valence-electron chi connectivity index (χ0n) is 25.7. The average molecular weight is 595 g/mol. The molecule has 1 aromatic heterocycles. The molecule has 1 aromatic carbocycles. The second kappa shape index (κ2) is 9.46. The lowest BCUT2D eigenvalue weighted by molar-refractivity contribution is -0.250. The molecular formula is C34H43FN2O6. The van der Waals surface area contributed by atoms with E-state index in [-0.39, 0.29) is 12.3 Å². The number of aliphatic hydroxyl groups excluding tert-OH is 2. The Morgan fingerprint density at radius 1 is 1.23 bits per heavy atom. The van der Waals surface area contributed by atoms with Gasteiger partial charge in [0.05, 0.1) is 30.2 Å². The van der Waals surface area contributed by atoms with Crippen molar-refractivity contribution in [2.45, 2.75) is 102 Å². The number of halogens is 1. The Morgan fingerprint density at radius 2 is 2.02 bits per heavy atom. The van der Waals surface area contributed by atoms with Gasteiger partial charge in [0, 0.05) is 29.0 Å². The predicted molar refractivity (Wildman–Crippen MR) is 157 cm³/mol. The third-order valence-electron chi connectivity index (χ3n) is 11.6. The van der Waals surface area contributed by atoms with E-state index in [0.717, 1.165) is 34.7 Å². The zero-order chi connectivity index (χ0) is 30.6. The summed E-state index contributed by atoms with van der Waals surface area (Å²) in [5.41, 5.74) is -1.58. The van der Waals surface area contributed by atoms with Crippen molar-refractivity contribution in [3.63, 3.8) is 0 Å². The van der Waals surface area contributed by atoms with Crippen molar-refractivity contribution in [2.24, 2.45) is 22.7 Å². The number of aliphatic hydroxyl groups is 2. The van der Waals surface area contributed by atoms with Crippen LogP contribution in [0.3, 0.4) is 0 Å². The summed E-state index contributed by atoms with van der Waals surface area (Å²) in [6, 6.07) is 7.80. The highest BCUT2D eigenvalue weighted by molar-refractivity contribution is 5.91. The summed E-state index contributed by atoms with van der Waals surface area (Å²) in [7, 11) is 0. The number of allylic oxidation sites excluding steroid dienone is 1. The van der Waals surface area contributed by atoms with Crippen LogP contribution in [-0.2, 0) is 20.7 Å². The Labute approximate surface area is 252 Å². The van der Waals surface area contributed by atoms with Gasteiger partial charge in [-0.05, 0) is 82.1 Å². The van der Waals surface area contributed by atoms with E-state index in [9.17, 15) is 15.0 Å². The lowest BCUT2D eigenvalue weighted by atomic mass is 9.43. The van der Waals surface area contributed by atoms with Crippen LogP contribution in [-0.4, -0.2) is 68.3 Å². The van der Waals surface area contributed by atoms with Gasteiger partial charge in [-0.3, -0.25) is 4.79 Å². The predicted octanol–water partition coefficient (Wildman–Crippen LogP) is 4.97. The fraction of sp³-hybridized carbons (Fsp3) is 0.647. The number of aromatic nitrogens is 2. The normalized spacial score (nSPS) is 40.5. The summed E-state index contributed by atoms with van der Waals surface area (Å²) in [4.78, 5) is 13.5. The molecule has 0 amide bonds. The zero-order valence-corrected chi connectivity index (χ0v) is 25.7. The number of fused-ring (bicyclic) bond motifs is 8. The number of ketones is 1. The second-order valence-electron chi connectivity index (χ2n) is 14.3. The molecule has 2 N–H and O–H groups in total. The van der Waals surface area contributed by atoms with Gasteiger partial charge in [0.1, 0.15) is 18.0 Å². The molecule has 2 heterocycles. The average Bonchev–Trinajstić information content (AvgIpc) is 3.57. The van der Waals surface area contributed by atoms with E-state index in [1.165, 1.54) is 0 Å². The molecule has 0 radical (unpaired) electrons. The van der Waals surface area contributed by atoms with Crippen LogP contribution in [0.15, 0.2) is 36.0 Å². The van der Waals surface area contributed by atoms with Crippen molar-refractivity contribution in [3.8, 4) is 11.4 Å². The number of nitrogens with zero attached hydrogens (tertiary/aromatic N) is 2. The highest BCUT2D eigenvalue weighted by atomic mass is 19.1. The number of ether oxygens (including phenoxy) is 3. The molecule has 7 rings (SSSR count). The number of Topliss-reactive ketones (excluding diaryl/α,β-unsaturated/α-hetero) is 1. The van der Waals surface area contributed by atoms with Crippen molar-refractivity contribution in [1.29, 1.82) is 0 Å². The Bertz CT molecular complexity index is 1500. The van der Waals surface area contributed by atoms with Gasteiger partial charge in [0.25, 0.3) is 0 Å². The number of rotatable bonds is 6. The van der Waals surface area contributed by atoms with E-state index >= 15 is 4.39 Å². The molecule has 0 bridgehead atoms. The topological polar surface area (TPSA) is 103 Å². The number of alkyl halides is 1. The molecule has 2 aromatic rings. The standard InChI is InChI=1S/C34H43FN2O6/c1-6-12-41-23-9-7-8-22(14-23)37-18-20-16-31(4)21(13-26(20)36-37)10-11-24-25-15-29-34(28(40)19-38,43-30(2,3)42-29)32(25,5)17-27(39)33(24,31)35/h7-9,13-14,18,24-25,27,29,38-39H,6,10-12,15-17,19H2,1-5H3/t24-,25-,27-,29+,31-,32-,33-,34+/m0/s1. The Hall–Kier alpha value is -2.59. The van der Waals surface area contributed by atoms with Gasteiger partial charge in [-0.1, -0.05) is 32.4 Å². The summed E-state index contributed by atoms with van der Waals surface area (Å²) < 4.78 is 38.4. The number of carbonyl (C=O) groups excluding carboxylic acids is 1. The van der Waals surface area contributed by atoms with Crippen molar-refractivity contribution < 1.29 is 33.6 Å². The molecule has 9 heteroatoms. The second-order valence-corrected chi connectivity index (χ2v) is 14.3. The van der Waals surface area contributed by atoms with Gasteiger partial charge in [0.15, 0.2) is 17.2 Å². The van der Waals surface area contributed by atoms with E-state index in [1.54, 1.807) is 13.8 Å². The van der Waals surface area contributed by atoms with Crippen LogP contribution in [0.4, 0.5) is 4.39 Å². The molecule has 8 atom stereocenters. The first kappa shape index (κ1) is 29.1. The number of carbonyl (C=O) groups is 1. The minimum atomic E-state index is -1.92. The van der Waals surface area contributed by atoms with Gasteiger partial charge < -0.3 is 24.4 Å². The van der Waals surface area contributed by atoms with E-state index in [2.05, 4.69) is 6.92 Å². The largest absolute Gasteiger partial charge is 0.494 e. The molecular weight excluding hydrogens is 551 g/mol. The van der Waals surface area contributed by atoms with Crippen LogP contribution < -0.4 is 4.74 Å². The molecule has 8 nitrogen and oxygen atoms in total. The molecule has 43 heavy (non-hydrogen) atoms. The maximum absolute atomic E-state index is 18.1. The quantitative estimate of drug-likeness (QED) is 0.487.